The van der Waals surface area contributed by atoms with Gasteiger partial charge in [-0.1, -0.05) is 29.3 Å². The van der Waals surface area contributed by atoms with Crippen molar-refractivity contribution in [3.8, 4) is 0 Å². The zero-order valence-electron chi connectivity index (χ0n) is 12.0. The van der Waals surface area contributed by atoms with Crippen molar-refractivity contribution in [1.29, 1.82) is 0 Å². The third kappa shape index (κ3) is 4.11. The topological polar surface area (TPSA) is 12.0 Å². The zero-order valence-corrected chi connectivity index (χ0v) is 13.5. The van der Waals surface area contributed by atoms with Gasteiger partial charge in [-0.15, -0.1) is 0 Å². The Hall–Kier alpha value is -0.240. The van der Waals surface area contributed by atoms with E-state index in [9.17, 15) is 0 Å². The van der Waals surface area contributed by atoms with E-state index < -0.39 is 0 Å². The summed E-state index contributed by atoms with van der Waals surface area (Å²) in [6, 6.07) is 5.78. The Balaban J connectivity index is 1.93. The summed E-state index contributed by atoms with van der Waals surface area (Å²) in [6.07, 6.45) is 3.61. The van der Waals surface area contributed by atoms with Crippen LogP contribution in [0.15, 0.2) is 18.2 Å². The Morgan fingerprint density at radius 3 is 2.16 bits per heavy atom. The molecule has 1 aliphatic carbocycles. The van der Waals surface area contributed by atoms with Crippen LogP contribution in [0.2, 0.25) is 10.0 Å². The second-order valence-electron chi connectivity index (χ2n) is 6.63. The van der Waals surface area contributed by atoms with Gasteiger partial charge in [-0.3, -0.25) is 0 Å². The van der Waals surface area contributed by atoms with Crippen LogP contribution in [-0.2, 0) is 6.42 Å². The Morgan fingerprint density at radius 1 is 1.11 bits per heavy atom. The quantitative estimate of drug-likeness (QED) is 0.829. The highest BCUT2D eigenvalue weighted by molar-refractivity contribution is 6.35. The van der Waals surface area contributed by atoms with Crippen molar-refractivity contribution in [2.45, 2.75) is 45.6 Å². The number of halogens is 2. The highest BCUT2D eigenvalue weighted by atomic mass is 35.5. The smallest absolute Gasteiger partial charge is 0.0452 e. The first-order valence-electron chi connectivity index (χ1n) is 7.05. The van der Waals surface area contributed by atoms with E-state index in [-0.39, 0.29) is 5.54 Å². The molecule has 0 radical (unpaired) electrons. The van der Waals surface area contributed by atoms with Crippen LogP contribution < -0.4 is 5.32 Å². The summed E-state index contributed by atoms with van der Waals surface area (Å²) in [4.78, 5) is 0. The fourth-order valence-corrected chi connectivity index (χ4v) is 3.15. The molecule has 1 fully saturated rings. The third-order valence-corrected chi connectivity index (χ3v) is 4.71. The fourth-order valence-electron chi connectivity index (χ4n) is 2.60. The van der Waals surface area contributed by atoms with E-state index in [1.807, 2.05) is 18.2 Å². The molecule has 0 heterocycles. The van der Waals surface area contributed by atoms with E-state index in [1.54, 1.807) is 0 Å². The van der Waals surface area contributed by atoms with E-state index in [1.165, 1.54) is 12.8 Å². The molecule has 106 valence electrons. The molecule has 0 aliphatic heterocycles. The van der Waals surface area contributed by atoms with E-state index in [0.717, 1.165) is 34.5 Å². The minimum atomic E-state index is 0.197. The Bertz CT molecular complexity index is 417. The fraction of sp³-hybridized carbons (Fsp3) is 0.625. The van der Waals surface area contributed by atoms with Crippen LogP contribution in [0.3, 0.4) is 0 Å². The summed E-state index contributed by atoms with van der Waals surface area (Å²) >= 11 is 12.5. The largest absolute Gasteiger partial charge is 0.312 e. The molecule has 3 heteroatoms. The first-order valence-corrected chi connectivity index (χ1v) is 7.80. The lowest BCUT2D eigenvalue weighted by Gasteiger charge is -2.39. The molecule has 0 saturated heterocycles. The third-order valence-electron chi connectivity index (χ3n) is 4.00. The summed E-state index contributed by atoms with van der Waals surface area (Å²) in [5.41, 5.74) is 1.32. The Morgan fingerprint density at radius 2 is 1.68 bits per heavy atom. The number of hydrogen-bond donors (Lipinski definition) is 1. The minimum Gasteiger partial charge on any atom is -0.312 e. The normalized spacial score (nSPS) is 23.2. The summed E-state index contributed by atoms with van der Waals surface area (Å²) in [7, 11) is 0. The average molecular weight is 300 g/mol. The molecule has 1 aromatic rings. The first-order chi connectivity index (χ1) is 8.87. The van der Waals surface area contributed by atoms with Crippen molar-refractivity contribution >= 4 is 23.2 Å². The van der Waals surface area contributed by atoms with Gasteiger partial charge in [0.25, 0.3) is 0 Å². The van der Waals surface area contributed by atoms with Crippen molar-refractivity contribution in [3.63, 3.8) is 0 Å². The summed E-state index contributed by atoms with van der Waals surface area (Å²) in [6.45, 7) is 7.74. The number of benzene rings is 1. The maximum absolute atomic E-state index is 6.25. The highest BCUT2D eigenvalue weighted by Gasteiger charge is 2.32. The van der Waals surface area contributed by atoms with Gasteiger partial charge in [0.05, 0.1) is 0 Å². The lowest BCUT2D eigenvalue weighted by Crippen LogP contribution is -2.44. The van der Waals surface area contributed by atoms with Crippen molar-refractivity contribution in [2.24, 2.45) is 11.8 Å². The van der Waals surface area contributed by atoms with Gasteiger partial charge in [-0.25, -0.2) is 0 Å². The van der Waals surface area contributed by atoms with Gasteiger partial charge in [0.2, 0.25) is 0 Å². The van der Waals surface area contributed by atoms with Crippen molar-refractivity contribution < 1.29 is 0 Å². The molecule has 2 unspecified atom stereocenters. The summed E-state index contributed by atoms with van der Waals surface area (Å²) < 4.78 is 0. The van der Waals surface area contributed by atoms with Gasteiger partial charge in [0.15, 0.2) is 0 Å². The molecule has 2 rings (SSSR count). The summed E-state index contributed by atoms with van der Waals surface area (Å²) in [5, 5.41) is 5.22. The van der Waals surface area contributed by atoms with Crippen LogP contribution in [0.1, 0.15) is 39.2 Å². The molecule has 1 nitrogen and oxygen atoms in total. The molecule has 1 aliphatic rings. The molecule has 2 atom stereocenters. The van der Waals surface area contributed by atoms with E-state index in [0.29, 0.717) is 5.92 Å². The molecule has 1 aromatic carbocycles. The van der Waals surface area contributed by atoms with Crippen LogP contribution in [0, 0.1) is 11.8 Å². The maximum Gasteiger partial charge on any atom is 0.0452 e. The highest BCUT2D eigenvalue weighted by Crippen LogP contribution is 2.39. The van der Waals surface area contributed by atoms with Crippen molar-refractivity contribution in [1.82, 2.24) is 5.32 Å². The van der Waals surface area contributed by atoms with Gasteiger partial charge in [0.1, 0.15) is 0 Å². The Labute approximate surface area is 126 Å². The van der Waals surface area contributed by atoms with Gasteiger partial charge in [-0.2, -0.15) is 0 Å². The lowest BCUT2D eigenvalue weighted by molar-refractivity contribution is 0.159. The van der Waals surface area contributed by atoms with Gasteiger partial charge in [0, 0.05) is 15.6 Å². The molecular weight excluding hydrogens is 277 g/mol. The molecule has 0 aromatic heterocycles. The zero-order chi connectivity index (χ0) is 14.0. The van der Waals surface area contributed by atoms with Crippen LogP contribution in [0.4, 0.5) is 0 Å². The maximum atomic E-state index is 6.25. The van der Waals surface area contributed by atoms with E-state index in [4.69, 9.17) is 23.2 Å². The van der Waals surface area contributed by atoms with E-state index >= 15 is 0 Å². The van der Waals surface area contributed by atoms with Gasteiger partial charge in [-0.05, 0) is 76.1 Å². The molecule has 1 N–H and O–H groups in total. The van der Waals surface area contributed by atoms with Crippen LogP contribution in [0.5, 0.6) is 0 Å². The lowest BCUT2D eigenvalue weighted by atomic mass is 9.70. The van der Waals surface area contributed by atoms with E-state index in [2.05, 4.69) is 26.1 Å². The molecule has 0 spiro atoms. The predicted octanol–water partition coefficient (Wildman–Crippen LogP) is 4.95. The Kier molecular flexibility index (Phi) is 4.81. The van der Waals surface area contributed by atoms with Crippen LogP contribution in [0.25, 0.3) is 0 Å². The average Bonchev–Trinajstić information content (AvgIpc) is 2.25. The van der Waals surface area contributed by atoms with Crippen LogP contribution in [-0.4, -0.2) is 12.1 Å². The second-order valence-corrected chi connectivity index (χ2v) is 7.45. The van der Waals surface area contributed by atoms with Crippen LogP contribution >= 0.6 is 23.2 Å². The minimum absolute atomic E-state index is 0.197. The molecule has 0 amide bonds. The van der Waals surface area contributed by atoms with Gasteiger partial charge < -0.3 is 5.32 Å². The van der Waals surface area contributed by atoms with Crippen molar-refractivity contribution in [3.05, 3.63) is 33.8 Å². The predicted molar refractivity (Wildman–Crippen MR) is 84.1 cm³/mol. The summed E-state index contributed by atoms with van der Waals surface area (Å²) in [5.74, 6) is 1.47. The van der Waals surface area contributed by atoms with Gasteiger partial charge >= 0.3 is 0 Å². The first kappa shape index (κ1) is 15.2. The molecule has 0 bridgehead atoms. The molecular formula is C16H23Cl2N. The number of nitrogens with one attached hydrogen (secondary N) is 1. The monoisotopic (exact) mass is 299 g/mol. The second kappa shape index (κ2) is 6.03. The van der Waals surface area contributed by atoms with Crippen molar-refractivity contribution in [2.75, 3.05) is 6.54 Å². The number of hydrogen-bond acceptors (Lipinski definition) is 1. The standard InChI is InChI=1S/C16H23Cl2N/c1-16(2,3)19-10-12-8-7-11(12)9-13-14(17)5-4-6-15(13)18/h4-6,11-12,19H,7-10H2,1-3H3. The number of rotatable bonds is 4. The molecule has 19 heavy (non-hydrogen) atoms. The SMILES string of the molecule is CC(C)(C)NCC1CCC1Cc1c(Cl)cccc1Cl. The molecule has 1 saturated carbocycles.